The van der Waals surface area contributed by atoms with Crippen LogP contribution in [0.2, 0.25) is 0 Å². The number of carbonyl (C=O) groups excluding carboxylic acids is 1. The maximum Gasteiger partial charge on any atom is 0.416 e. The number of halogens is 1. The maximum atomic E-state index is 12.8. The van der Waals surface area contributed by atoms with Crippen molar-refractivity contribution in [2.75, 3.05) is 4.90 Å². The molecule has 24 heavy (non-hydrogen) atoms. The molecule has 0 aliphatic heterocycles. The van der Waals surface area contributed by atoms with E-state index >= 15 is 0 Å². The van der Waals surface area contributed by atoms with E-state index in [0.717, 1.165) is 9.35 Å². The van der Waals surface area contributed by atoms with Gasteiger partial charge in [0.1, 0.15) is 11.4 Å². The van der Waals surface area contributed by atoms with E-state index in [1.165, 1.54) is 0 Å². The highest BCUT2D eigenvalue weighted by Crippen LogP contribution is 2.25. The summed E-state index contributed by atoms with van der Waals surface area (Å²) in [6, 6.07) is 5.70. The van der Waals surface area contributed by atoms with Gasteiger partial charge in [0.05, 0.1) is 17.2 Å². The number of nitrogens with zero attached hydrogens (tertiary/aromatic N) is 4. The maximum absolute atomic E-state index is 12.8. The first-order chi connectivity index (χ1) is 11.3. The second-order valence-electron chi connectivity index (χ2n) is 6.18. The molecule has 0 unspecified atom stereocenters. The summed E-state index contributed by atoms with van der Waals surface area (Å²) in [6.07, 6.45) is 2.89. The van der Waals surface area contributed by atoms with E-state index in [0.29, 0.717) is 18.0 Å². The van der Waals surface area contributed by atoms with Gasteiger partial charge in [-0.3, -0.25) is 4.90 Å². The van der Waals surface area contributed by atoms with Crippen LogP contribution in [0.4, 0.5) is 10.6 Å². The number of thiophene rings is 1. The van der Waals surface area contributed by atoms with Gasteiger partial charge in [-0.15, -0.1) is 11.3 Å². The average molecular weight is 409 g/mol. The number of aromatic nitrogens is 3. The number of hydrogen-bond acceptors (Lipinski definition) is 5. The summed E-state index contributed by atoms with van der Waals surface area (Å²) in [4.78, 5) is 19.7. The third-order valence-electron chi connectivity index (χ3n) is 3.12. The van der Waals surface area contributed by atoms with Gasteiger partial charge in [-0.05, 0) is 54.2 Å². The Kier molecular flexibility index (Phi) is 4.60. The Bertz CT molecular complexity index is 855. The normalized spacial score (nSPS) is 11.7. The molecule has 126 valence electrons. The minimum atomic E-state index is -0.582. The third-order valence-corrected chi connectivity index (χ3v) is 4.54. The predicted octanol–water partition coefficient (Wildman–Crippen LogP) is 4.50. The van der Waals surface area contributed by atoms with Gasteiger partial charge in [-0.1, -0.05) is 6.07 Å². The highest BCUT2D eigenvalue weighted by molar-refractivity contribution is 9.10. The lowest BCUT2D eigenvalue weighted by molar-refractivity contribution is 0.0576. The van der Waals surface area contributed by atoms with E-state index in [4.69, 9.17) is 4.74 Å². The molecule has 0 fully saturated rings. The molecule has 0 aliphatic carbocycles. The summed E-state index contributed by atoms with van der Waals surface area (Å²) >= 11 is 5.01. The largest absolute Gasteiger partial charge is 0.443 e. The molecule has 0 spiro atoms. The van der Waals surface area contributed by atoms with Gasteiger partial charge in [0.25, 0.3) is 0 Å². The molecular formula is C16H17BrN4O2S. The van der Waals surface area contributed by atoms with Crippen molar-refractivity contribution in [3.05, 3.63) is 45.3 Å². The summed E-state index contributed by atoms with van der Waals surface area (Å²) in [5, 5.41) is 6.29. The van der Waals surface area contributed by atoms with E-state index in [1.54, 1.807) is 39.2 Å². The lowest BCUT2D eigenvalue weighted by Crippen LogP contribution is -2.37. The lowest BCUT2D eigenvalue weighted by Gasteiger charge is -2.27. The molecule has 3 rings (SSSR count). The smallest absolute Gasteiger partial charge is 0.416 e. The number of rotatable bonds is 3. The lowest BCUT2D eigenvalue weighted by atomic mass is 10.2. The van der Waals surface area contributed by atoms with E-state index in [-0.39, 0.29) is 0 Å². The first-order valence-corrected chi connectivity index (χ1v) is 9.03. The second-order valence-corrected chi connectivity index (χ2v) is 8.06. The number of hydrogen-bond donors (Lipinski definition) is 0. The Balaban J connectivity index is 2.04. The van der Waals surface area contributed by atoms with Gasteiger partial charge in [0.15, 0.2) is 5.65 Å². The van der Waals surface area contributed by atoms with Crippen molar-refractivity contribution in [1.29, 1.82) is 0 Å². The van der Waals surface area contributed by atoms with Crippen LogP contribution < -0.4 is 4.90 Å². The van der Waals surface area contributed by atoms with Crippen molar-refractivity contribution in [1.82, 2.24) is 14.6 Å². The molecule has 0 radical (unpaired) electrons. The van der Waals surface area contributed by atoms with Crippen LogP contribution in [-0.2, 0) is 11.3 Å². The van der Waals surface area contributed by atoms with Gasteiger partial charge in [-0.2, -0.15) is 9.61 Å². The molecule has 6 nitrogen and oxygen atoms in total. The molecule has 0 bridgehead atoms. The van der Waals surface area contributed by atoms with Gasteiger partial charge < -0.3 is 4.74 Å². The highest BCUT2D eigenvalue weighted by Gasteiger charge is 2.26. The molecule has 0 atom stereocenters. The summed E-state index contributed by atoms with van der Waals surface area (Å²) in [7, 11) is 0. The summed E-state index contributed by atoms with van der Waals surface area (Å²) in [6.45, 7) is 5.95. The zero-order chi connectivity index (χ0) is 17.3. The van der Waals surface area contributed by atoms with Crippen LogP contribution in [0.5, 0.6) is 0 Å². The fourth-order valence-corrected chi connectivity index (χ4v) is 3.22. The molecule has 3 aromatic rings. The van der Waals surface area contributed by atoms with E-state index in [9.17, 15) is 4.79 Å². The first-order valence-electron chi connectivity index (χ1n) is 7.36. The second kappa shape index (κ2) is 6.52. The number of anilines is 1. The molecule has 0 saturated carbocycles. The van der Waals surface area contributed by atoms with E-state index in [1.807, 2.05) is 38.3 Å². The van der Waals surface area contributed by atoms with Crippen molar-refractivity contribution in [3.8, 4) is 0 Å². The third kappa shape index (κ3) is 3.59. The molecule has 0 aliphatic rings. The molecule has 3 aromatic heterocycles. The van der Waals surface area contributed by atoms with E-state index < -0.39 is 11.7 Å². The minimum absolute atomic E-state index is 0.406. The van der Waals surface area contributed by atoms with Crippen LogP contribution >= 0.6 is 27.3 Å². The molecule has 0 aromatic carbocycles. The monoisotopic (exact) mass is 408 g/mol. The quantitative estimate of drug-likeness (QED) is 0.640. The predicted molar refractivity (Wildman–Crippen MR) is 97.4 cm³/mol. The molecule has 0 N–H and O–H groups in total. The zero-order valence-electron chi connectivity index (χ0n) is 13.6. The topological polar surface area (TPSA) is 59.7 Å². The Labute approximate surface area is 152 Å². The SMILES string of the molecule is CC(C)(C)OC(=O)N(Cc1cccs1)c1ccnc2c(Br)cnn12. The number of fused-ring (bicyclic) bond motifs is 1. The Hall–Kier alpha value is -1.93. The summed E-state index contributed by atoms with van der Waals surface area (Å²) < 4.78 is 7.97. The zero-order valence-corrected chi connectivity index (χ0v) is 16.0. The van der Waals surface area contributed by atoms with Crippen molar-refractivity contribution >= 4 is 44.8 Å². The van der Waals surface area contributed by atoms with Crippen LogP contribution in [-0.4, -0.2) is 26.3 Å². The number of amides is 1. The number of carbonyl (C=O) groups is 1. The fourth-order valence-electron chi connectivity index (χ4n) is 2.17. The molecule has 1 amide bonds. The Morgan fingerprint density at radius 2 is 2.21 bits per heavy atom. The highest BCUT2D eigenvalue weighted by atomic mass is 79.9. The van der Waals surface area contributed by atoms with Crippen molar-refractivity contribution in [2.24, 2.45) is 0 Å². The van der Waals surface area contributed by atoms with Gasteiger partial charge in [0.2, 0.25) is 0 Å². The molecule has 0 saturated heterocycles. The average Bonchev–Trinajstić information content (AvgIpc) is 3.13. The number of ether oxygens (including phenoxy) is 1. The standard InChI is InChI=1S/C16H17BrN4O2S/c1-16(2,3)23-15(22)20(10-11-5-4-8-24-11)13-6-7-18-14-12(17)9-19-21(13)14/h4-9H,10H2,1-3H3. The van der Waals surface area contributed by atoms with Gasteiger partial charge in [-0.25, -0.2) is 9.78 Å². The van der Waals surface area contributed by atoms with Crippen LogP contribution in [0, 0.1) is 0 Å². The van der Waals surface area contributed by atoms with Crippen LogP contribution in [0.15, 0.2) is 40.4 Å². The first kappa shape index (κ1) is 16.9. The summed E-state index contributed by atoms with van der Waals surface area (Å²) in [5.41, 5.74) is 0.0639. The molecular weight excluding hydrogens is 392 g/mol. The van der Waals surface area contributed by atoms with Crippen LogP contribution in [0.25, 0.3) is 5.65 Å². The van der Waals surface area contributed by atoms with Gasteiger partial charge >= 0.3 is 6.09 Å². The minimum Gasteiger partial charge on any atom is -0.443 e. The Morgan fingerprint density at radius 3 is 2.88 bits per heavy atom. The van der Waals surface area contributed by atoms with Crippen molar-refractivity contribution < 1.29 is 9.53 Å². The molecule has 8 heteroatoms. The van der Waals surface area contributed by atoms with Crippen molar-refractivity contribution in [3.63, 3.8) is 0 Å². The Morgan fingerprint density at radius 1 is 1.42 bits per heavy atom. The fraction of sp³-hybridized carbons (Fsp3) is 0.312. The van der Waals surface area contributed by atoms with E-state index in [2.05, 4.69) is 26.0 Å². The summed E-state index contributed by atoms with van der Waals surface area (Å²) in [5.74, 6) is 0.605. The van der Waals surface area contributed by atoms with Crippen LogP contribution in [0.1, 0.15) is 25.6 Å². The van der Waals surface area contributed by atoms with Gasteiger partial charge in [0, 0.05) is 11.1 Å². The molecule has 3 heterocycles. The van der Waals surface area contributed by atoms with Crippen molar-refractivity contribution in [2.45, 2.75) is 32.9 Å². The van der Waals surface area contributed by atoms with Crippen LogP contribution in [0.3, 0.4) is 0 Å².